The van der Waals surface area contributed by atoms with E-state index in [0.717, 1.165) is 41.2 Å². The Hall–Kier alpha value is -3.79. The average Bonchev–Trinajstić information content (AvgIpc) is 3.33. The maximum atomic E-state index is 13.2. The first-order valence-corrected chi connectivity index (χ1v) is 10.6. The molecule has 0 radical (unpaired) electrons. The van der Waals surface area contributed by atoms with Gasteiger partial charge in [0.2, 0.25) is 0 Å². The van der Waals surface area contributed by atoms with Crippen LogP contribution in [0.2, 0.25) is 0 Å². The third kappa shape index (κ3) is 4.75. The van der Waals surface area contributed by atoms with Gasteiger partial charge in [-0.15, -0.1) is 0 Å². The Morgan fingerprint density at radius 1 is 1.31 bits per heavy atom. The number of benzene rings is 1. The third-order valence-corrected chi connectivity index (χ3v) is 5.57. The van der Waals surface area contributed by atoms with Gasteiger partial charge < -0.3 is 19.2 Å². The fourth-order valence-corrected chi connectivity index (χ4v) is 3.80. The van der Waals surface area contributed by atoms with E-state index in [1.54, 1.807) is 19.4 Å². The first-order valence-electron chi connectivity index (χ1n) is 10.6. The van der Waals surface area contributed by atoms with Gasteiger partial charge in [0, 0.05) is 37.4 Å². The summed E-state index contributed by atoms with van der Waals surface area (Å²) in [6.07, 6.45) is 6.18. The molecule has 0 spiro atoms. The molecule has 0 aliphatic rings. The number of nitriles is 1. The number of hydrogen-bond donors (Lipinski definition) is 1. The van der Waals surface area contributed by atoms with Crippen LogP contribution in [-0.2, 0) is 18.4 Å². The Balaban J connectivity index is 1.94. The van der Waals surface area contributed by atoms with Gasteiger partial charge in [-0.25, -0.2) is 4.98 Å². The lowest BCUT2D eigenvalue weighted by Gasteiger charge is -2.19. The first-order chi connectivity index (χ1) is 15.4. The molecule has 3 aromatic rings. The molecule has 0 aliphatic heterocycles. The summed E-state index contributed by atoms with van der Waals surface area (Å²) >= 11 is 0. The van der Waals surface area contributed by atoms with Gasteiger partial charge in [-0.2, -0.15) is 5.26 Å². The van der Waals surface area contributed by atoms with Crippen molar-refractivity contribution in [2.24, 2.45) is 7.05 Å². The van der Waals surface area contributed by atoms with Crippen LogP contribution in [0.15, 0.2) is 48.3 Å². The molecule has 7 nitrogen and oxygen atoms in total. The number of nitrogens with one attached hydrogen (secondary N) is 1. The van der Waals surface area contributed by atoms with Gasteiger partial charge in [-0.05, 0) is 55.7 Å². The average molecular weight is 432 g/mol. The van der Waals surface area contributed by atoms with Crippen LogP contribution >= 0.6 is 0 Å². The zero-order chi connectivity index (χ0) is 23.3. The number of aromatic nitrogens is 3. The van der Waals surface area contributed by atoms with Gasteiger partial charge in [0.15, 0.2) is 0 Å². The fourth-order valence-electron chi connectivity index (χ4n) is 3.80. The summed E-state index contributed by atoms with van der Waals surface area (Å²) in [6.45, 7) is 7.07. The first kappa shape index (κ1) is 22.9. The number of amides is 1. The van der Waals surface area contributed by atoms with Crippen molar-refractivity contribution in [1.82, 2.24) is 19.4 Å². The Labute approximate surface area is 189 Å². The Kier molecular flexibility index (Phi) is 7.16. The van der Waals surface area contributed by atoms with Crippen molar-refractivity contribution >= 4 is 12.0 Å². The van der Waals surface area contributed by atoms with E-state index in [1.807, 2.05) is 62.0 Å². The van der Waals surface area contributed by atoms with Gasteiger partial charge in [0.25, 0.3) is 5.91 Å². The van der Waals surface area contributed by atoms with E-state index in [4.69, 9.17) is 4.74 Å². The number of imidazole rings is 1. The minimum atomic E-state index is -0.516. The predicted octanol–water partition coefficient (Wildman–Crippen LogP) is 4.07. The normalized spacial score (nSPS) is 12.3. The zero-order valence-electron chi connectivity index (χ0n) is 19.2. The van der Waals surface area contributed by atoms with E-state index in [2.05, 4.69) is 27.9 Å². The molecule has 1 N–H and O–H groups in total. The standard InChI is InChI=1S/C25H29N5O2/c1-6-12-30-17(2)14-20(18(30)3)15-21(16-26)25(31)28-23(24-27-11-13-29(24)4)19-7-9-22(32-5)10-8-19/h7-11,13-15,23H,6,12H2,1-5H3,(H,28,31)/b21-15+. The third-order valence-electron chi connectivity index (χ3n) is 5.57. The number of aryl methyl sites for hydroxylation is 2. The smallest absolute Gasteiger partial charge is 0.262 e. The van der Waals surface area contributed by atoms with Gasteiger partial charge in [-0.1, -0.05) is 19.1 Å². The maximum Gasteiger partial charge on any atom is 0.262 e. The van der Waals surface area contributed by atoms with Gasteiger partial charge in [0.05, 0.1) is 7.11 Å². The number of carbonyl (C=O) groups is 1. The SMILES string of the molecule is CCCn1c(C)cc(/C=C(\C#N)C(=O)NC(c2ccc(OC)cc2)c2nccn2C)c1C. The minimum Gasteiger partial charge on any atom is -0.497 e. The zero-order valence-corrected chi connectivity index (χ0v) is 19.2. The van der Waals surface area contributed by atoms with Crippen LogP contribution in [0.25, 0.3) is 6.08 Å². The predicted molar refractivity (Wildman–Crippen MR) is 124 cm³/mol. The summed E-state index contributed by atoms with van der Waals surface area (Å²) in [6, 6.07) is 11.0. The molecule has 0 fully saturated rings. The number of methoxy groups -OCH3 is 1. The Morgan fingerprint density at radius 2 is 2.03 bits per heavy atom. The van der Waals surface area contributed by atoms with Crippen LogP contribution in [0, 0.1) is 25.2 Å². The van der Waals surface area contributed by atoms with Crippen LogP contribution in [0.3, 0.4) is 0 Å². The van der Waals surface area contributed by atoms with E-state index >= 15 is 0 Å². The van der Waals surface area contributed by atoms with Crippen LogP contribution < -0.4 is 10.1 Å². The molecule has 32 heavy (non-hydrogen) atoms. The van der Waals surface area contributed by atoms with Crippen molar-refractivity contribution in [2.45, 2.75) is 39.8 Å². The number of nitrogens with zero attached hydrogens (tertiary/aromatic N) is 4. The molecule has 1 aromatic carbocycles. The highest BCUT2D eigenvalue weighted by atomic mass is 16.5. The van der Waals surface area contributed by atoms with Gasteiger partial charge >= 0.3 is 0 Å². The van der Waals surface area contributed by atoms with Crippen LogP contribution in [-0.4, -0.2) is 27.1 Å². The molecule has 166 valence electrons. The van der Waals surface area contributed by atoms with E-state index in [9.17, 15) is 10.1 Å². The van der Waals surface area contributed by atoms with Crippen molar-refractivity contribution in [1.29, 1.82) is 5.26 Å². The summed E-state index contributed by atoms with van der Waals surface area (Å²) in [5, 5.41) is 12.7. The number of ether oxygens (including phenoxy) is 1. The molecule has 0 bridgehead atoms. The molecule has 2 heterocycles. The summed E-state index contributed by atoms with van der Waals surface area (Å²) in [7, 11) is 3.48. The van der Waals surface area contributed by atoms with Crippen LogP contribution in [0.5, 0.6) is 5.75 Å². The quantitative estimate of drug-likeness (QED) is 0.430. The van der Waals surface area contributed by atoms with Crippen LogP contribution in [0.4, 0.5) is 0 Å². The molecular weight excluding hydrogens is 402 g/mol. The van der Waals surface area contributed by atoms with Crippen molar-refractivity contribution in [3.63, 3.8) is 0 Å². The van der Waals surface area contributed by atoms with Crippen molar-refractivity contribution in [3.8, 4) is 11.8 Å². The molecule has 1 unspecified atom stereocenters. The molecule has 3 rings (SSSR count). The summed E-state index contributed by atoms with van der Waals surface area (Å²) in [5.74, 6) is 0.942. The number of carbonyl (C=O) groups excluding carboxylic acids is 1. The summed E-state index contributed by atoms with van der Waals surface area (Å²) in [4.78, 5) is 17.6. The van der Waals surface area contributed by atoms with Crippen molar-refractivity contribution < 1.29 is 9.53 Å². The highest BCUT2D eigenvalue weighted by Crippen LogP contribution is 2.24. The molecule has 2 aromatic heterocycles. The maximum absolute atomic E-state index is 13.2. The lowest BCUT2D eigenvalue weighted by atomic mass is 10.0. The highest BCUT2D eigenvalue weighted by Gasteiger charge is 2.23. The van der Waals surface area contributed by atoms with E-state index < -0.39 is 11.9 Å². The highest BCUT2D eigenvalue weighted by molar-refractivity contribution is 6.02. The second kappa shape index (κ2) is 10.0. The van der Waals surface area contributed by atoms with E-state index in [1.165, 1.54) is 0 Å². The molecule has 0 aliphatic carbocycles. The van der Waals surface area contributed by atoms with E-state index in [0.29, 0.717) is 5.82 Å². The van der Waals surface area contributed by atoms with Gasteiger partial charge in [-0.3, -0.25) is 4.79 Å². The lowest BCUT2D eigenvalue weighted by Crippen LogP contribution is -2.31. The second-order valence-corrected chi connectivity index (χ2v) is 7.72. The Morgan fingerprint density at radius 3 is 2.59 bits per heavy atom. The largest absolute Gasteiger partial charge is 0.497 e. The molecule has 1 amide bonds. The fraction of sp³-hybridized carbons (Fsp3) is 0.320. The molecule has 1 atom stereocenters. The molecule has 0 saturated heterocycles. The van der Waals surface area contributed by atoms with Gasteiger partial charge in [0.1, 0.15) is 29.3 Å². The second-order valence-electron chi connectivity index (χ2n) is 7.72. The Bertz CT molecular complexity index is 1160. The number of rotatable bonds is 8. The van der Waals surface area contributed by atoms with Crippen LogP contribution in [0.1, 0.15) is 47.7 Å². The van der Waals surface area contributed by atoms with Crippen molar-refractivity contribution in [3.05, 3.63) is 76.6 Å². The topological polar surface area (TPSA) is 84.9 Å². The lowest BCUT2D eigenvalue weighted by molar-refractivity contribution is -0.117. The summed E-state index contributed by atoms with van der Waals surface area (Å²) < 4.78 is 9.30. The monoisotopic (exact) mass is 431 g/mol. The minimum absolute atomic E-state index is 0.0504. The van der Waals surface area contributed by atoms with E-state index in [-0.39, 0.29) is 5.57 Å². The van der Waals surface area contributed by atoms with Crippen molar-refractivity contribution in [2.75, 3.05) is 7.11 Å². The molecule has 7 heteroatoms. The summed E-state index contributed by atoms with van der Waals surface area (Å²) in [5.41, 5.74) is 3.92. The number of hydrogen-bond acceptors (Lipinski definition) is 4. The molecular formula is C25H29N5O2. The molecule has 0 saturated carbocycles.